The summed E-state index contributed by atoms with van der Waals surface area (Å²) >= 11 is 0. The molecule has 5 nitrogen and oxygen atoms in total. The summed E-state index contributed by atoms with van der Waals surface area (Å²) in [6.45, 7) is 1.78. The van der Waals surface area contributed by atoms with E-state index in [1.54, 1.807) is 6.92 Å². The number of hydrogen-bond acceptors (Lipinski definition) is 5. The van der Waals surface area contributed by atoms with E-state index in [-0.39, 0.29) is 18.4 Å². The van der Waals surface area contributed by atoms with Gasteiger partial charge in [-0.25, -0.2) is 9.78 Å². The van der Waals surface area contributed by atoms with E-state index in [2.05, 4.69) is 4.98 Å². The molecule has 32 heavy (non-hydrogen) atoms. The van der Waals surface area contributed by atoms with Crippen LogP contribution in [0, 0.1) is 0 Å². The lowest BCUT2D eigenvalue weighted by atomic mass is 10.1. The summed E-state index contributed by atoms with van der Waals surface area (Å²) in [5.41, 5.74) is 0.712. The van der Waals surface area contributed by atoms with E-state index < -0.39 is 17.9 Å². The predicted molar refractivity (Wildman–Crippen MR) is 111 cm³/mol. The van der Waals surface area contributed by atoms with Gasteiger partial charge in [-0.3, -0.25) is 0 Å². The van der Waals surface area contributed by atoms with Crippen LogP contribution >= 0.6 is 0 Å². The zero-order valence-electron chi connectivity index (χ0n) is 17.0. The van der Waals surface area contributed by atoms with Crippen LogP contribution in [0.15, 0.2) is 71.1 Å². The number of aryl methyl sites for hydroxylation is 1. The van der Waals surface area contributed by atoms with Gasteiger partial charge in [0.2, 0.25) is 5.89 Å². The molecule has 0 bridgehead atoms. The van der Waals surface area contributed by atoms with E-state index in [0.29, 0.717) is 17.7 Å². The third-order valence-corrected chi connectivity index (χ3v) is 4.86. The van der Waals surface area contributed by atoms with Crippen LogP contribution in [0.2, 0.25) is 0 Å². The maximum atomic E-state index is 12.8. The van der Waals surface area contributed by atoms with Crippen molar-refractivity contribution in [2.24, 2.45) is 0 Å². The first kappa shape index (κ1) is 21.4. The summed E-state index contributed by atoms with van der Waals surface area (Å²) in [4.78, 5) is 16.5. The molecule has 0 saturated carbocycles. The fourth-order valence-electron chi connectivity index (χ4n) is 3.23. The van der Waals surface area contributed by atoms with Crippen molar-refractivity contribution < 1.29 is 31.9 Å². The molecular weight excluding hydrogens is 423 g/mol. The fraction of sp³-hybridized carbons (Fsp3) is 0.167. The van der Waals surface area contributed by atoms with Gasteiger partial charge < -0.3 is 13.9 Å². The van der Waals surface area contributed by atoms with Crippen LogP contribution in [-0.2, 0) is 23.9 Å². The Morgan fingerprint density at radius 1 is 1.00 bits per heavy atom. The van der Waals surface area contributed by atoms with Gasteiger partial charge in [-0.2, -0.15) is 13.2 Å². The largest absolute Gasteiger partial charge is 0.516 e. The number of fused-ring (bicyclic) bond motifs is 1. The number of oxazole rings is 1. The molecule has 0 amide bonds. The van der Waals surface area contributed by atoms with Crippen molar-refractivity contribution in [1.29, 1.82) is 0 Å². The maximum absolute atomic E-state index is 12.8. The Morgan fingerprint density at radius 3 is 2.44 bits per heavy atom. The monoisotopic (exact) mass is 441 g/mol. The minimum atomic E-state index is -4.44. The first-order valence-corrected chi connectivity index (χ1v) is 9.83. The number of aromatic nitrogens is 1. The molecule has 0 saturated heterocycles. The average Bonchev–Trinajstić information content (AvgIpc) is 3.20. The zero-order valence-corrected chi connectivity index (χ0v) is 17.0. The van der Waals surface area contributed by atoms with Gasteiger partial charge in [-0.1, -0.05) is 49.4 Å². The van der Waals surface area contributed by atoms with E-state index in [0.717, 1.165) is 28.5 Å². The van der Waals surface area contributed by atoms with Crippen LogP contribution < -0.4 is 4.74 Å². The Bertz CT molecular complexity index is 1240. The number of carbonyl (C=O) groups excluding carboxylic acids is 1. The van der Waals surface area contributed by atoms with Crippen molar-refractivity contribution in [2.45, 2.75) is 26.1 Å². The summed E-state index contributed by atoms with van der Waals surface area (Å²) in [5, 5.41) is 1.98. The Hall–Kier alpha value is -3.81. The number of ether oxygens (including phenoxy) is 2. The van der Waals surface area contributed by atoms with Crippen LogP contribution in [0.3, 0.4) is 0 Å². The summed E-state index contributed by atoms with van der Waals surface area (Å²) in [7, 11) is 0. The highest BCUT2D eigenvalue weighted by Gasteiger charge is 2.30. The van der Waals surface area contributed by atoms with Crippen LogP contribution in [0.5, 0.6) is 5.95 Å². The van der Waals surface area contributed by atoms with Crippen LogP contribution in [0.25, 0.3) is 22.2 Å². The first-order valence-electron chi connectivity index (χ1n) is 9.83. The van der Waals surface area contributed by atoms with Gasteiger partial charge >= 0.3 is 18.3 Å². The molecule has 0 unspecified atom stereocenters. The number of rotatable bonds is 5. The van der Waals surface area contributed by atoms with Gasteiger partial charge in [0.25, 0.3) is 0 Å². The molecular formula is C24H18F3NO4. The summed E-state index contributed by atoms with van der Waals surface area (Å²) < 4.78 is 54.2. The third-order valence-electron chi connectivity index (χ3n) is 4.86. The molecule has 0 aliphatic heterocycles. The minimum absolute atomic E-state index is 0.00153. The highest BCUT2D eigenvalue weighted by molar-refractivity contribution is 5.85. The zero-order chi connectivity index (χ0) is 22.7. The summed E-state index contributed by atoms with van der Waals surface area (Å²) in [6, 6.07) is 17.8. The number of halogens is 3. The van der Waals surface area contributed by atoms with E-state index in [9.17, 15) is 18.0 Å². The third kappa shape index (κ3) is 4.59. The van der Waals surface area contributed by atoms with Gasteiger partial charge in [0.15, 0.2) is 0 Å². The van der Waals surface area contributed by atoms with Gasteiger partial charge in [0, 0.05) is 5.56 Å². The molecule has 0 aliphatic rings. The van der Waals surface area contributed by atoms with Gasteiger partial charge in [-0.05, 0) is 47.0 Å². The Kier molecular flexibility index (Phi) is 5.85. The van der Waals surface area contributed by atoms with E-state index >= 15 is 0 Å². The SMILES string of the molecule is CCc1nc(-c2ccc(C(F)(F)F)cc2)oc1OC(=O)OCc1cccc2ccccc12. The molecule has 164 valence electrons. The van der Waals surface area contributed by atoms with E-state index in [4.69, 9.17) is 13.9 Å². The average molecular weight is 441 g/mol. The second-order valence-electron chi connectivity index (χ2n) is 6.96. The Balaban J connectivity index is 1.47. The lowest BCUT2D eigenvalue weighted by molar-refractivity contribution is -0.137. The highest BCUT2D eigenvalue weighted by atomic mass is 19.4. The normalized spacial score (nSPS) is 11.5. The standard InChI is InChI=1S/C24H18F3NO4/c1-2-20-22(31-21(28-20)16-10-12-18(13-11-16)24(25,26)27)32-23(29)30-14-17-8-5-7-15-6-3-4-9-19(15)17/h3-13H,2,14H2,1H3. The van der Waals surface area contributed by atoms with Crippen molar-refractivity contribution in [3.8, 4) is 17.4 Å². The number of hydrogen-bond donors (Lipinski definition) is 0. The van der Waals surface area contributed by atoms with E-state index in [1.807, 2.05) is 42.5 Å². The molecule has 1 heterocycles. The van der Waals surface area contributed by atoms with Crippen molar-refractivity contribution in [2.75, 3.05) is 0 Å². The molecule has 0 atom stereocenters. The number of carbonyl (C=O) groups is 1. The second kappa shape index (κ2) is 8.74. The van der Waals surface area contributed by atoms with Gasteiger partial charge in [0.05, 0.1) is 5.56 Å². The lowest BCUT2D eigenvalue weighted by Crippen LogP contribution is -2.11. The molecule has 4 aromatic rings. The summed E-state index contributed by atoms with van der Waals surface area (Å²) in [6.07, 6.45) is -5.02. The van der Waals surface area contributed by atoms with Gasteiger partial charge in [-0.15, -0.1) is 0 Å². The van der Waals surface area contributed by atoms with Crippen LogP contribution in [0.1, 0.15) is 23.7 Å². The summed E-state index contributed by atoms with van der Waals surface area (Å²) in [5.74, 6) is -0.0993. The lowest BCUT2D eigenvalue weighted by Gasteiger charge is -2.07. The van der Waals surface area contributed by atoms with Crippen molar-refractivity contribution in [1.82, 2.24) is 4.98 Å². The van der Waals surface area contributed by atoms with Crippen LogP contribution in [-0.4, -0.2) is 11.1 Å². The van der Waals surface area contributed by atoms with Crippen molar-refractivity contribution >= 4 is 16.9 Å². The Morgan fingerprint density at radius 2 is 1.72 bits per heavy atom. The van der Waals surface area contributed by atoms with E-state index in [1.165, 1.54) is 12.1 Å². The molecule has 1 aromatic heterocycles. The fourth-order valence-corrected chi connectivity index (χ4v) is 3.23. The first-order chi connectivity index (χ1) is 15.3. The molecule has 4 rings (SSSR count). The van der Waals surface area contributed by atoms with Crippen molar-refractivity contribution in [3.63, 3.8) is 0 Å². The smallest absolute Gasteiger partial charge is 0.429 e. The minimum Gasteiger partial charge on any atom is -0.429 e. The highest BCUT2D eigenvalue weighted by Crippen LogP contribution is 2.33. The predicted octanol–water partition coefficient (Wildman–Crippen LogP) is 6.79. The molecule has 0 fully saturated rings. The molecule has 3 aromatic carbocycles. The number of alkyl halides is 3. The van der Waals surface area contributed by atoms with Gasteiger partial charge in [0.1, 0.15) is 12.3 Å². The molecule has 0 aliphatic carbocycles. The maximum Gasteiger partial charge on any atom is 0.516 e. The topological polar surface area (TPSA) is 61.6 Å². The number of nitrogens with zero attached hydrogens (tertiary/aromatic N) is 1. The second-order valence-corrected chi connectivity index (χ2v) is 6.96. The van der Waals surface area contributed by atoms with Crippen molar-refractivity contribution in [3.05, 3.63) is 83.6 Å². The Labute approximate surface area is 181 Å². The molecule has 0 N–H and O–H groups in total. The van der Waals surface area contributed by atoms with Crippen LogP contribution in [0.4, 0.5) is 18.0 Å². The molecule has 0 spiro atoms. The number of benzene rings is 3. The molecule has 8 heteroatoms. The molecule has 0 radical (unpaired) electrons. The quantitative estimate of drug-likeness (QED) is 0.319.